The maximum atomic E-state index is 12.5. The van der Waals surface area contributed by atoms with Crippen molar-refractivity contribution in [3.05, 3.63) is 30.0 Å². The maximum Gasteiger partial charge on any atom is 0.324 e. The Kier molecular flexibility index (Phi) is 3.94. The summed E-state index contributed by atoms with van der Waals surface area (Å²) in [7, 11) is 2.99. The summed E-state index contributed by atoms with van der Waals surface area (Å²) in [5.74, 6) is 0.802. The molecule has 0 saturated carbocycles. The number of furan rings is 1. The first kappa shape index (κ1) is 17.2. The Morgan fingerprint density at radius 2 is 2.15 bits per heavy atom. The Hall–Kier alpha value is -3.23. The molecule has 9 heteroatoms. The molecule has 1 unspecified atom stereocenters. The van der Waals surface area contributed by atoms with Crippen LogP contribution in [0.3, 0.4) is 0 Å². The first-order valence-corrected chi connectivity index (χ1v) is 8.63. The standard InChI is InChI=1S/C18H20N4O5/c1-21-15(23)18(20-17(21)25)7-8-22(10-18)16(24)19-9-13-14(26-2)11-5-3-4-6-12(11)27-13/h3-6H,7-10H2,1-2H3,(H,19,24)(H,20,25). The maximum absolute atomic E-state index is 12.5. The predicted molar refractivity (Wildman–Crippen MR) is 95.2 cm³/mol. The Morgan fingerprint density at radius 1 is 1.37 bits per heavy atom. The van der Waals surface area contributed by atoms with Crippen LogP contribution in [0.25, 0.3) is 11.0 Å². The molecular weight excluding hydrogens is 352 g/mol. The van der Waals surface area contributed by atoms with Crippen LogP contribution >= 0.6 is 0 Å². The highest BCUT2D eigenvalue weighted by Gasteiger charge is 2.54. The number of hydrogen-bond donors (Lipinski definition) is 2. The van der Waals surface area contributed by atoms with E-state index >= 15 is 0 Å². The lowest BCUT2D eigenvalue weighted by molar-refractivity contribution is -0.129. The third kappa shape index (κ3) is 2.66. The minimum Gasteiger partial charge on any atom is -0.492 e. The molecule has 2 aliphatic heterocycles. The molecule has 9 nitrogen and oxygen atoms in total. The van der Waals surface area contributed by atoms with Gasteiger partial charge in [0.15, 0.2) is 11.5 Å². The SMILES string of the molecule is COc1c(CNC(=O)N2CCC3(C2)NC(=O)N(C)C3=O)oc2ccccc12. The number of carbonyl (C=O) groups is 3. The van der Waals surface area contributed by atoms with E-state index in [2.05, 4.69) is 10.6 Å². The number of fused-ring (bicyclic) bond motifs is 1. The molecule has 3 heterocycles. The van der Waals surface area contributed by atoms with Crippen LogP contribution < -0.4 is 15.4 Å². The number of amides is 5. The lowest BCUT2D eigenvalue weighted by Gasteiger charge is -2.21. The molecule has 5 amide bonds. The van der Waals surface area contributed by atoms with Crippen molar-refractivity contribution in [3.63, 3.8) is 0 Å². The van der Waals surface area contributed by atoms with Gasteiger partial charge in [-0.15, -0.1) is 0 Å². The molecule has 1 spiro atoms. The van der Waals surface area contributed by atoms with Crippen molar-refractivity contribution in [1.29, 1.82) is 0 Å². The second-order valence-electron chi connectivity index (χ2n) is 6.76. The molecule has 1 atom stereocenters. The molecular formula is C18H20N4O5. The Labute approximate surface area is 155 Å². The number of nitrogens with one attached hydrogen (secondary N) is 2. The van der Waals surface area contributed by atoms with Crippen LogP contribution in [0.1, 0.15) is 12.2 Å². The first-order chi connectivity index (χ1) is 12.9. The zero-order valence-corrected chi connectivity index (χ0v) is 15.1. The van der Waals surface area contributed by atoms with Gasteiger partial charge >= 0.3 is 12.1 Å². The molecule has 2 aromatic rings. The number of benzene rings is 1. The van der Waals surface area contributed by atoms with Gasteiger partial charge in [0.05, 0.1) is 25.6 Å². The summed E-state index contributed by atoms with van der Waals surface area (Å²) in [6.07, 6.45) is 0.392. The Balaban J connectivity index is 1.44. The summed E-state index contributed by atoms with van der Waals surface area (Å²) in [4.78, 5) is 39.2. The fraction of sp³-hybridized carbons (Fsp3) is 0.389. The van der Waals surface area contributed by atoms with Gasteiger partial charge in [-0.1, -0.05) is 12.1 Å². The Bertz CT molecular complexity index is 939. The summed E-state index contributed by atoms with van der Waals surface area (Å²) in [6, 6.07) is 6.70. The van der Waals surface area contributed by atoms with Gasteiger partial charge in [0.2, 0.25) is 0 Å². The monoisotopic (exact) mass is 372 g/mol. The van der Waals surface area contributed by atoms with Crippen LogP contribution in [-0.2, 0) is 11.3 Å². The molecule has 4 rings (SSSR count). The molecule has 2 aliphatic rings. The molecule has 0 radical (unpaired) electrons. The number of likely N-dealkylation sites (tertiary alicyclic amines) is 1. The van der Waals surface area contributed by atoms with Crippen LogP contribution in [0.2, 0.25) is 0 Å². The molecule has 27 heavy (non-hydrogen) atoms. The van der Waals surface area contributed by atoms with E-state index in [9.17, 15) is 14.4 Å². The van der Waals surface area contributed by atoms with Crippen LogP contribution in [0.5, 0.6) is 5.75 Å². The molecule has 0 aliphatic carbocycles. The molecule has 1 aromatic carbocycles. The van der Waals surface area contributed by atoms with E-state index in [0.717, 1.165) is 10.3 Å². The second kappa shape index (κ2) is 6.19. The number of rotatable bonds is 3. The van der Waals surface area contributed by atoms with Crippen molar-refractivity contribution >= 4 is 28.9 Å². The summed E-state index contributed by atoms with van der Waals surface area (Å²) in [5, 5.41) is 6.34. The summed E-state index contributed by atoms with van der Waals surface area (Å²) in [6.45, 7) is 0.675. The molecule has 142 valence electrons. The summed E-state index contributed by atoms with van der Waals surface area (Å²) < 4.78 is 11.2. The van der Waals surface area contributed by atoms with Crippen molar-refractivity contribution in [2.75, 3.05) is 27.2 Å². The largest absolute Gasteiger partial charge is 0.492 e. The number of likely N-dealkylation sites (N-methyl/N-ethyl adjacent to an activating group) is 1. The number of urea groups is 2. The van der Waals surface area contributed by atoms with Crippen LogP contribution in [-0.4, -0.2) is 60.6 Å². The number of ether oxygens (including phenoxy) is 1. The highest BCUT2D eigenvalue weighted by atomic mass is 16.5. The minimum absolute atomic E-state index is 0.144. The smallest absolute Gasteiger partial charge is 0.324 e. The van der Waals surface area contributed by atoms with Gasteiger partial charge in [0, 0.05) is 13.6 Å². The van der Waals surface area contributed by atoms with E-state index in [-0.39, 0.29) is 25.0 Å². The number of methoxy groups -OCH3 is 1. The van der Waals surface area contributed by atoms with E-state index in [1.807, 2.05) is 24.3 Å². The lowest BCUT2D eigenvalue weighted by Crippen LogP contribution is -2.50. The topological polar surface area (TPSA) is 104 Å². The van der Waals surface area contributed by atoms with Gasteiger partial charge in [-0.3, -0.25) is 9.69 Å². The van der Waals surface area contributed by atoms with Gasteiger partial charge in [-0.05, 0) is 18.6 Å². The third-order valence-electron chi connectivity index (χ3n) is 5.14. The molecule has 2 N–H and O–H groups in total. The molecule has 0 bridgehead atoms. The lowest BCUT2D eigenvalue weighted by atomic mass is 9.99. The van der Waals surface area contributed by atoms with Gasteiger partial charge < -0.3 is 24.7 Å². The van der Waals surface area contributed by atoms with E-state index in [1.165, 1.54) is 11.9 Å². The third-order valence-corrected chi connectivity index (χ3v) is 5.14. The summed E-state index contributed by atoms with van der Waals surface area (Å²) in [5.41, 5.74) is -0.332. The van der Waals surface area contributed by atoms with E-state index in [4.69, 9.17) is 9.15 Å². The van der Waals surface area contributed by atoms with Gasteiger partial charge in [-0.25, -0.2) is 9.59 Å². The van der Waals surface area contributed by atoms with Crippen molar-refractivity contribution < 1.29 is 23.5 Å². The van der Waals surface area contributed by atoms with Crippen molar-refractivity contribution in [1.82, 2.24) is 20.4 Å². The average molecular weight is 372 g/mol. The van der Waals surface area contributed by atoms with E-state index < -0.39 is 11.6 Å². The predicted octanol–water partition coefficient (Wildman–Crippen LogP) is 1.28. The van der Waals surface area contributed by atoms with Gasteiger partial charge in [0.25, 0.3) is 5.91 Å². The van der Waals surface area contributed by atoms with Crippen LogP contribution in [0, 0.1) is 0 Å². The van der Waals surface area contributed by atoms with Gasteiger partial charge in [-0.2, -0.15) is 0 Å². The van der Waals surface area contributed by atoms with E-state index in [0.29, 0.717) is 30.1 Å². The molecule has 2 saturated heterocycles. The fourth-order valence-corrected chi connectivity index (χ4v) is 3.70. The number of imide groups is 1. The Morgan fingerprint density at radius 3 is 2.85 bits per heavy atom. The number of carbonyl (C=O) groups excluding carboxylic acids is 3. The zero-order valence-electron chi connectivity index (χ0n) is 15.1. The van der Waals surface area contributed by atoms with Crippen molar-refractivity contribution in [2.24, 2.45) is 0 Å². The second-order valence-corrected chi connectivity index (χ2v) is 6.76. The quantitative estimate of drug-likeness (QED) is 0.790. The zero-order chi connectivity index (χ0) is 19.2. The highest BCUT2D eigenvalue weighted by molar-refractivity contribution is 6.07. The van der Waals surface area contributed by atoms with Crippen LogP contribution in [0.15, 0.2) is 28.7 Å². The fourth-order valence-electron chi connectivity index (χ4n) is 3.70. The normalized spacial score (nSPS) is 22.0. The average Bonchev–Trinajstić information content (AvgIpc) is 3.31. The molecule has 1 aromatic heterocycles. The van der Waals surface area contributed by atoms with Crippen molar-refractivity contribution in [3.8, 4) is 5.75 Å². The number of nitrogens with zero attached hydrogens (tertiary/aromatic N) is 2. The van der Waals surface area contributed by atoms with E-state index in [1.54, 1.807) is 7.11 Å². The first-order valence-electron chi connectivity index (χ1n) is 8.63. The minimum atomic E-state index is -1.01. The van der Waals surface area contributed by atoms with Crippen molar-refractivity contribution in [2.45, 2.75) is 18.5 Å². The molecule has 2 fully saturated rings. The van der Waals surface area contributed by atoms with Gasteiger partial charge in [0.1, 0.15) is 11.1 Å². The van der Waals surface area contributed by atoms with Crippen LogP contribution in [0.4, 0.5) is 9.59 Å². The summed E-state index contributed by atoms with van der Waals surface area (Å²) >= 11 is 0. The number of hydrogen-bond acceptors (Lipinski definition) is 5. The highest BCUT2D eigenvalue weighted by Crippen LogP contribution is 2.33. The number of para-hydroxylation sites is 1.